The molecular weight excluding hydrogens is 176 g/mol. The van der Waals surface area contributed by atoms with Gasteiger partial charge < -0.3 is 11.1 Å². The van der Waals surface area contributed by atoms with Crippen LogP contribution in [0.5, 0.6) is 0 Å². The molecule has 0 aliphatic carbocycles. The van der Waals surface area contributed by atoms with E-state index in [0.717, 1.165) is 11.4 Å². The van der Waals surface area contributed by atoms with Crippen LogP contribution in [-0.2, 0) is 0 Å². The molecule has 1 aliphatic heterocycles. The molecule has 0 atom stereocenters. The molecule has 0 spiro atoms. The zero-order chi connectivity index (χ0) is 9.97. The average Bonchev–Trinajstić information content (AvgIpc) is 2.36. The highest BCUT2D eigenvalue weighted by Crippen LogP contribution is 2.26. The fourth-order valence-corrected chi connectivity index (χ4v) is 1.20. The van der Waals surface area contributed by atoms with E-state index in [-0.39, 0.29) is 5.84 Å². The monoisotopic (exact) mass is 184 g/mol. The third-order valence-electron chi connectivity index (χ3n) is 1.91. The Labute approximate surface area is 81.4 Å². The molecule has 0 radical (unpaired) electrons. The number of para-hydroxylation sites is 2. The summed E-state index contributed by atoms with van der Waals surface area (Å²) < 4.78 is 0. The molecule has 1 heterocycles. The lowest BCUT2D eigenvalue weighted by Crippen LogP contribution is -2.13. The summed E-state index contributed by atoms with van der Waals surface area (Å²) in [6, 6.07) is 9.45. The van der Waals surface area contributed by atoms with E-state index in [4.69, 9.17) is 11.0 Å². The van der Waals surface area contributed by atoms with Gasteiger partial charge in [-0.2, -0.15) is 5.26 Å². The minimum Gasteiger partial charge on any atom is -0.383 e. The second kappa shape index (κ2) is 3.23. The number of hydrogen-bond acceptors (Lipinski definition) is 4. The number of nitrogens with zero attached hydrogens (tertiary/aromatic N) is 2. The summed E-state index contributed by atoms with van der Waals surface area (Å²) >= 11 is 0. The van der Waals surface area contributed by atoms with E-state index >= 15 is 0 Å². The summed E-state index contributed by atoms with van der Waals surface area (Å²) in [5.41, 5.74) is 7.56. The van der Waals surface area contributed by atoms with Crippen LogP contribution in [0.1, 0.15) is 0 Å². The molecule has 0 aromatic heterocycles. The molecule has 0 unspecified atom stereocenters. The molecule has 0 amide bonds. The summed E-state index contributed by atoms with van der Waals surface area (Å²) in [6.45, 7) is 0. The van der Waals surface area contributed by atoms with Crippen molar-refractivity contribution in [1.82, 2.24) is 0 Å². The van der Waals surface area contributed by atoms with Crippen LogP contribution in [-0.4, -0.2) is 5.84 Å². The number of nitrogens with one attached hydrogen (secondary N) is 1. The molecule has 0 saturated carbocycles. The van der Waals surface area contributed by atoms with E-state index in [2.05, 4.69) is 10.3 Å². The van der Waals surface area contributed by atoms with Crippen LogP contribution < -0.4 is 11.1 Å². The van der Waals surface area contributed by atoms with Gasteiger partial charge in [-0.1, -0.05) is 12.1 Å². The van der Waals surface area contributed by atoms with E-state index in [9.17, 15) is 0 Å². The van der Waals surface area contributed by atoms with Crippen LogP contribution >= 0.6 is 0 Å². The van der Waals surface area contributed by atoms with Gasteiger partial charge in [-0.05, 0) is 12.1 Å². The number of rotatable bonds is 0. The smallest absolute Gasteiger partial charge is 0.143 e. The van der Waals surface area contributed by atoms with Crippen molar-refractivity contribution < 1.29 is 0 Å². The van der Waals surface area contributed by atoms with Gasteiger partial charge in [-0.15, -0.1) is 0 Å². The molecule has 14 heavy (non-hydrogen) atoms. The Morgan fingerprint density at radius 3 is 2.93 bits per heavy atom. The predicted molar refractivity (Wildman–Crippen MR) is 55.0 cm³/mol. The number of benzene rings is 1. The van der Waals surface area contributed by atoms with Crippen LogP contribution in [0, 0.1) is 11.3 Å². The molecule has 0 fully saturated rings. The number of nitrogens with two attached hydrogens (primary N) is 1. The van der Waals surface area contributed by atoms with Crippen molar-refractivity contribution in [3.05, 3.63) is 36.0 Å². The third-order valence-corrected chi connectivity index (χ3v) is 1.91. The summed E-state index contributed by atoms with van der Waals surface area (Å²) in [4.78, 5) is 4.13. The van der Waals surface area contributed by atoms with Gasteiger partial charge in [0.1, 0.15) is 17.5 Å². The lowest BCUT2D eigenvalue weighted by atomic mass is 10.3. The van der Waals surface area contributed by atoms with Gasteiger partial charge in [0.05, 0.1) is 11.4 Å². The van der Waals surface area contributed by atoms with Gasteiger partial charge in [0.2, 0.25) is 0 Å². The SMILES string of the molecule is N#CC1=CNc2ccccc2N=C1N. The maximum absolute atomic E-state index is 8.75. The maximum Gasteiger partial charge on any atom is 0.143 e. The topological polar surface area (TPSA) is 74.2 Å². The summed E-state index contributed by atoms with van der Waals surface area (Å²) in [5.74, 6) is 0.241. The molecule has 3 N–H and O–H groups in total. The van der Waals surface area contributed by atoms with Crippen LogP contribution in [0.15, 0.2) is 41.0 Å². The molecule has 0 saturated heterocycles. The van der Waals surface area contributed by atoms with E-state index in [0.29, 0.717) is 5.57 Å². The number of nitriles is 1. The molecular formula is C10H8N4. The second-order valence-corrected chi connectivity index (χ2v) is 2.83. The molecule has 1 aliphatic rings. The average molecular weight is 184 g/mol. The van der Waals surface area contributed by atoms with Crippen LogP contribution in [0.2, 0.25) is 0 Å². The molecule has 4 heteroatoms. The number of anilines is 1. The van der Waals surface area contributed by atoms with Crippen LogP contribution in [0.25, 0.3) is 0 Å². The fourth-order valence-electron chi connectivity index (χ4n) is 1.20. The Bertz CT molecular complexity index is 465. The lowest BCUT2D eigenvalue weighted by Gasteiger charge is -2.01. The molecule has 0 bridgehead atoms. The van der Waals surface area contributed by atoms with Gasteiger partial charge >= 0.3 is 0 Å². The Morgan fingerprint density at radius 1 is 1.36 bits per heavy atom. The molecule has 1 aromatic carbocycles. The number of fused-ring (bicyclic) bond motifs is 1. The van der Waals surface area contributed by atoms with Crippen molar-refractivity contribution in [2.24, 2.45) is 10.7 Å². The second-order valence-electron chi connectivity index (χ2n) is 2.83. The highest BCUT2D eigenvalue weighted by Gasteiger charge is 2.08. The largest absolute Gasteiger partial charge is 0.383 e. The molecule has 1 aromatic rings. The van der Waals surface area contributed by atoms with Gasteiger partial charge in [0.15, 0.2) is 0 Å². The van der Waals surface area contributed by atoms with E-state index in [1.165, 1.54) is 0 Å². The molecule has 2 rings (SSSR count). The number of hydrogen-bond donors (Lipinski definition) is 2. The maximum atomic E-state index is 8.75. The lowest BCUT2D eigenvalue weighted by molar-refractivity contribution is 1.46. The summed E-state index contributed by atoms with van der Waals surface area (Å²) in [6.07, 6.45) is 1.56. The molecule has 68 valence electrons. The van der Waals surface area contributed by atoms with Crippen molar-refractivity contribution in [1.29, 1.82) is 5.26 Å². The normalized spacial score (nSPS) is 13.9. The number of aliphatic imine (C=N–C) groups is 1. The van der Waals surface area contributed by atoms with Gasteiger partial charge in [-0.3, -0.25) is 0 Å². The van der Waals surface area contributed by atoms with Gasteiger partial charge in [-0.25, -0.2) is 4.99 Å². The minimum atomic E-state index is 0.241. The van der Waals surface area contributed by atoms with Gasteiger partial charge in [0.25, 0.3) is 0 Å². The van der Waals surface area contributed by atoms with Crippen LogP contribution in [0.4, 0.5) is 11.4 Å². The first-order valence-electron chi connectivity index (χ1n) is 4.11. The zero-order valence-corrected chi connectivity index (χ0v) is 7.36. The first-order chi connectivity index (χ1) is 6.81. The minimum absolute atomic E-state index is 0.241. The fraction of sp³-hybridized carbons (Fsp3) is 0. The zero-order valence-electron chi connectivity index (χ0n) is 7.36. The highest BCUT2D eigenvalue weighted by molar-refractivity contribution is 6.03. The van der Waals surface area contributed by atoms with Gasteiger partial charge in [0, 0.05) is 6.20 Å². The first kappa shape index (κ1) is 8.32. The summed E-state index contributed by atoms with van der Waals surface area (Å²) in [7, 11) is 0. The predicted octanol–water partition coefficient (Wildman–Crippen LogP) is 1.51. The molecule has 4 nitrogen and oxygen atoms in total. The Hall–Kier alpha value is -2.28. The van der Waals surface area contributed by atoms with E-state index in [1.807, 2.05) is 30.3 Å². The van der Waals surface area contributed by atoms with Crippen molar-refractivity contribution in [2.75, 3.05) is 5.32 Å². The number of amidine groups is 1. The standard InChI is InChI=1S/C10H8N4/c11-5-7-6-13-8-3-1-2-4-9(8)14-10(7)12/h1-4,6,13H,(H2,12,14). The Morgan fingerprint density at radius 2 is 2.14 bits per heavy atom. The van der Waals surface area contributed by atoms with E-state index < -0.39 is 0 Å². The van der Waals surface area contributed by atoms with Crippen molar-refractivity contribution in [2.45, 2.75) is 0 Å². The van der Waals surface area contributed by atoms with E-state index in [1.54, 1.807) is 6.20 Å². The summed E-state index contributed by atoms with van der Waals surface area (Å²) in [5, 5.41) is 11.7. The Balaban J connectivity index is 2.54. The Kier molecular flexibility index (Phi) is 1.92. The van der Waals surface area contributed by atoms with Crippen molar-refractivity contribution in [3.63, 3.8) is 0 Å². The van der Waals surface area contributed by atoms with Crippen LogP contribution in [0.3, 0.4) is 0 Å². The van der Waals surface area contributed by atoms with Crippen molar-refractivity contribution in [3.8, 4) is 6.07 Å². The highest BCUT2D eigenvalue weighted by atomic mass is 15.0. The first-order valence-corrected chi connectivity index (χ1v) is 4.11. The third kappa shape index (κ3) is 1.31. The van der Waals surface area contributed by atoms with Crippen molar-refractivity contribution >= 4 is 17.2 Å². The quantitative estimate of drug-likeness (QED) is 0.641.